The van der Waals surface area contributed by atoms with Gasteiger partial charge in [-0.05, 0) is 13.3 Å². The van der Waals surface area contributed by atoms with Crippen molar-refractivity contribution in [1.29, 1.82) is 0 Å². The van der Waals surface area contributed by atoms with E-state index in [-0.39, 0.29) is 11.9 Å². The van der Waals surface area contributed by atoms with E-state index in [1.165, 1.54) is 6.08 Å². The van der Waals surface area contributed by atoms with E-state index in [2.05, 4.69) is 16.6 Å². The molecule has 0 aliphatic rings. The molecule has 0 heterocycles. The topological polar surface area (TPSA) is 35.5 Å². The van der Waals surface area contributed by atoms with Crippen molar-refractivity contribution in [2.75, 3.05) is 7.11 Å². The fraction of sp³-hybridized carbons (Fsp3) is 0.667. The summed E-state index contributed by atoms with van der Waals surface area (Å²) >= 11 is 2.12. The molecule has 0 aliphatic carbocycles. The maximum absolute atomic E-state index is 11.2. The van der Waals surface area contributed by atoms with E-state index in [4.69, 9.17) is 8.53 Å². The number of carbonyl (C=O) groups is 1. The van der Waals surface area contributed by atoms with Crippen molar-refractivity contribution in [2.45, 2.75) is 32.8 Å². The van der Waals surface area contributed by atoms with Gasteiger partial charge in [-0.25, -0.2) is 0 Å². The summed E-state index contributed by atoms with van der Waals surface area (Å²) in [7, 11) is 1.58. The van der Waals surface area contributed by atoms with E-state index in [9.17, 15) is 4.79 Å². The number of methoxy groups -OCH3 is 1. The van der Waals surface area contributed by atoms with E-state index >= 15 is 0 Å². The molecule has 0 saturated carbocycles. The molecule has 0 spiro atoms. The van der Waals surface area contributed by atoms with Gasteiger partial charge in [0.25, 0.3) is 0 Å². The van der Waals surface area contributed by atoms with Gasteiger partial charge in [-0.2, -0.15) is 0 Å². The molecule has 3 nitrogen and oxygen atoms in total. The van der Waals surface area contributed by atoms with Crippen molar-refractivity contribution < 1.29 is 13.3 Å². The van der Waals surface area contributed by atoms with Crippen LogP contribution in [0.25, 0.3) is 0 Å². The molecule has 0 aromatic carbocycles. The summed E-state index contributed by atoms with van der Waals surface area (Å²) in [6.07, 6.45) is 2.71. The van der Waals surface area contributed by atoms with Crippen molar-refractivity contribution in [2.24, 2.45) is 0 Å². The molecule has 0 bridgehead atoms. The minimum atomic E-state index is -0.182. The molecule has 1 unspecified atom stereocenters. The van der Waals surface area contributed by atoms with Crippen molar-refractivity contribution in [1.82, 2.24) is 0 Å². The molecule has 2 radical (unpaired) electrons. The number of ketones is 1. The van der Waals surface area contributed by atoms with Crippen LogP contribution in [0.3, 0.4) is 0 Å². The summed E-state index contributed by atoms with van der Waals surface area (Å²) < 4.78 is 9.98. The normalized spacial score (nSPS) is 13.9. The first-order valence-corrected chi connectivity index (χ1v) is 4.76. The Hall–Kier alpha value is -0.298. The lowest BCUT2D eigenvalue weighted by Crippen LogP contribution is -2.12. The standard InChI is InChI=1S/C9H16O3.Al/c1-4-5-8(10)6-9(11)7(2)12-3;/h6-7,11H,4-5H2,1-3H3;/q;+1/p-1/b9-6-;. The summed E-state index contributed by atoms with van der Waals surface area (Å²) in [5, 5.41) is 0. The third kappa shape index (κ3) is 5.10. The Morgan fingerprint density at radius 1 is 1.62 bits per heavy atom. The highest BCUT2D eigenvalue weighted by atomic mass is 27.1. The summed E-state index contributed by atoms with van der Waals surface area (Å²) in [5.41, 5.74) is 0. The van der Waals surface area contributed by atoms with Gasteiger partial charge < -0.3 is 8.53 Å². The maximum atomic E-state index is 11.2. The smallest absolute Gasteiger partial charge is 0.481 e. The van der Waals surface area contributed by atoms with Crippen LogP contribution in [0.2, 0.25) is 0 Å². The Kier molecular flexibility index (Phi) is 6.98. The second kappa shape index (κ2) is 7.14. The van der Waals surface area contributed by atoms with E-state index in [1.54, 1.807) is 7.11 Å². The monoisotopic (exact) mass is 198 g/mol. The van der Waals surface area contributed by atoms with Crippen LogP contribution in [-0.2, 0) is 13.3 Å². The highest BCUT2D eigenvalue weighted by Gasteiger charge is 2.07. The lowest BCUT2D eigenvalue weighted by Gasteiger charge is -2.14. The first-order chi connectivity index (χ1) is 6.15. The summed E-state index contributed by atoms with van der Waals surface area (Å²) in [6, 6.07) is 0. The van der Waals surface area contributed by atoms with Crippen LogP contribution >= 0.6 is 0 Å². The van der Waals surface area contributed by atoms with Gasteiger partial charge in [-0.1, -0.05) is 6.92 Å². The van der Waals surface area contributed by atoms with Gasteiger partial charge in [0.1, 0.15) is 6.10 Å². The number of rotatable bonds is 6. The molecule has 13 heavy (non-hydrogen) atoms. The summed E-state index contributed by atoms with van der Waals surface area (Å²) in [5.74, 6) is 0.620. The van der Waals surface area contributed by atoms with Crippen LogP contribution in [0.5, 0.6) is 0 Å². The highest BCUT2D eigenvalue weighted by molar-refractivity contribution is 5.99. The number of hydrogen-bond donors (Lipinski definition) is 0. The number of ether oxygens (including phenoxy) is 1. The second-order valence-corrected chi connectivity index (χ2v) is 2.99. The first-order valence-electron chi connectivity index (χ1n) is 4.29. The lowest BCUT2D eigenvalue weighted by atomic mass is 10.2. The third-order valence-corrected chi connectivity index (χ3v) is 1.96. The number of carbonyl (C=O) groups excluding carboxylic acids is 1. The zero-order valence-electron chi connectivity index (χ0n) is 8.37. The fourth-order valence-electron chi connectivity index (χ4n) is 0.841. The number of allylic oxidation sites excluding steroid dienone is 1. The zero-order chi connectivity index (χ0) is 10.3. The third-order valence-electron chi connectivity index (χ3n) is 1.69. The predicted octanol–water partition coefficient (Wildman–Crippen LogP) is 1.37. The molecule has 72 valence electrons. The molecule has 0 amide bonds. The molecule has 0 rings (SSSR count). The Morgan fingerprint density at radius 2 is 2.23 bits per heavy atom. The van der Waals surface area contributed by atoms with Crippen LogP contribution in [0, 0.1) is 0 Å². The van der Waals surface area contributed by atoms with Gasteiger partial charge in [0, 0.05) is 19.6 Å². The van der Waals surface area contributed by atoms with Crippen LogP contribution in [0.4, 0.5) is 0 Å². The van der Waals surface area contributed by atoms with E-state index in [0.717, 1.165) is 6.42 Å². The van der Waals surface area contributed by atoms with Gasteiger partial charge in [-0.15, -0.1) is 0 Å². The van der Waals surface area contributed by atoms with Gasteiger partial charge in [0.05, 0.1) is 5.76 Å². The summed E-state index contributed by atoms with van der Waals surface area (Å²) in [4.78, 5) is 11.2. The van der Waals surface area contributed by atoms with Crippen LogP contribution < -0.4 is 0 Å². The van der Waals surface area contributed by atoms with E-state index in [0.29, 0.717) is 12.2 Å². The molecule has 0 aliphatic heterocycles. The van der Waals surface area contributed by atoms with Crippen molar-refractivity contribution in [3.8, 4) is 0 Å². The van der Waals surface area contributed by atoms with Crippen molar-refractivity contribution in [3.63, 3.8) is 0 Å². The molecule has 0 aromatic heterocycles. The van der Waals surface area contributed by atoms with Crippen LogP contribution in [0.15, 0.2) is 11.8 Å². The Bertz CT molecular complexity index is 189. The van der Waals surface area contributed by atoms with Gasteiger partial charge in [0.2, 0.25) is 0 Å². The van der Waals surface area contributed by atoms with Gasteiger partial charge in [-0.3, -0.25) is 4.79 Å². The van der Waals surface area contributed by atoms with Crippen molar-refractivity contribution in [3.05, 3.63) is 11.8 Å². The Balaban J connectivity index is 4.28. The molecule has 0 N–H and O–H groups in total. The first kappa shape index (κ1) is 12.7. The van der Waals surface area contributed by atoms with E-state index in [1.807, 2.05) is 13.8 Å². The van der Waals surface area contributed by atoms with Crippen LogP contribution in [0.1, 0.15) is 26.7 Å². The molecule has 1 atom stereocenters. The minimum Gasteiger partial charge on any atom is -0.655 e. The maximum Gasteiger partial charge on any atom is 0.481 e. The SMILES string of the molecule is CCCC(=O)/C=C(\[O][Al])C(C)OC. The average molecular weight is 198 g/mol. The quantitative estimate of drug-likeness (QED) is 0.367. The zero-order valence-corrected chi connectivity index (χ0v) is 9.53. The Morgan fingerprint density at radius 3 is 2.62 bits per heavy atom. The van der Waals surface area contributed by atoms with Crippen LogP contribution in [-0.4, -0.2) is 35.6 Å². The summed E-state index contributed by atoms with van der Waals surface area (Å²) in [6.45, 7) is 3.79. The fourth-order valence-corrected chi connectivity index (χ4v) is 1.10. The molecule has 0 saturated heterocycles. The molecule has 4 heteroatoms. The van der Waals surface area contributed by atoms with Gasteiger partial charge in [0.15, 0.2) is 5.78 Å². The highest BCUT2D eigenvalue weighted by Crippen LogP contribution is 2.06. The molecular weight excluding hydrogens is 183 g/mol. The lowest BCUT2D eigenvalue weighted by molar-refractivity contribution is -0.114. The minimum absolute atomic E-state index is 0.0730. The second-order valence-electron chi connectivity index (χ2n) is 2.76. The average Bonchev–Trinajstić information content (AvgIpc) is 2.13. The molecular formula is C9H15AlO3. The molecule has 0 aromatic rings. The van der Waals surface area contributed by atoms with Crippen molar-refractivity contribution >= 4 is 22.4 Å². The predicted molar refractivity (Wildman–Crippen MR) is 51.3 cm³/mol. The number of hydrogen-bond acceptors (Lipinski definition) is 3. The Labute approximate surface area is 87.9 Å². The largest absolute Gasteiger partial charge is 0.655 e. The van der Waals surface area contributed by atoms with E-state index < -0.39 is 0 Å². The molecule has 0 fully saturated rings. The van der Waals surface area contributed by atoms with Gasteiger partial charge >= 0.3 is 16.6 Å².